The van der Waals surface area contributed by atoms with Gasteiger partial charge in [0.25, 0.3) is 0 Å². The molecule has 0 aliphatic rings. The molecule has 126 valence electrons. The van der Waals surface area contributed by atoms with Gasteiger partial charge in [-0.2, -0.15) is 0 Å². The molecule has 0 unspecified atom stereocenters. The average Bonchev–Trinajstić information content (AvgIpc) is 2.55. The summed E-state index contributed by atoms with van der Waals surface area (Å²) in [6, 6.07) is 12.5. The van der Waals surface area contributed by atoms with E-state index in [1.165, 1.54) is 0 Å². The zero-order valence-electron chi connectivity index (χ0n) is 14.1. The lowest BCUT2D eigenvalue weighted by molar-refractivity contribution is -0.118. The summed E-state index contributed by atoms with van der Waals surface area (Å²) in [6.45, 7) is 6.17. The van der Waals surface area contributed by atoms with Crippen LogP contribution in [0.1, 0.15) is 35.3 Å². The van der Waals surface area contributed by atoms with E-state index in [0.717, 1.165) is 22.5 Å². The molecule has 0 heterocycles. The second-order valence-corrected chi connectivity index (χ2v) is 6.03. The first-order valence-electron chi connectivity index (χ1n) is 7.84. The van der Waals surface area contributed by atoms with E-state index < -0.39 is 5.97 Å². The molecule has 2 aromatic rings. The molecule has 2 rings (SSSR count). The van der Waals surface area contributed by atoms with Crippen molar-refractivity contribution < 1.29 is 14.7 Å². The van der Waals surface area contributed by atoms with Crippen LogP contribution in [0.25, 0.3) is 0 Å². The lowest BCUT2D eigenvalue weighted by atomic mass is 10.1. The molecule has 0 aliphatic carbocycles. The van der Waals surface area contributed by atoms with Crippen molar-refractivity contribution in [2.75, 3.05) is 10.6 Å². The summed E-state index contributed by atoms with van der Waals surface area (Å²) in [5.74, 6) is -1.05. The number of hydrogen-bond acceptors (Lipinski definition) is 3. The molecule has 0 saturated heterocycles. The summed E-state index contributed by atoms with van der Waals surface area (Å²) in [6.07, 6.45) is 0. The van der Waals surface area contributed by atoms with Crippen molar-refractivity contribution in [1.29, 1.82) is 0 Å². The third kappa shape index (κ3) is 4.59. The highest BCUT2D eigenvalue weighted by Crippen LogP contribution is 2.21. The molecule has 0 saturated carbocycles. The predicted molar refractivity (Wildman–Crippen MR) is 95.4 cm³/mol. The number of aromatic carboxylic acids is 1. The minimum Gasteiger partial charge on any atom is -0.478 e. The van der Waals surface area contributed by atoms with Crippen molar-refractivity contribution in [2.24, 2.45) is 5.92 Å². The minimum atomic E-state index is -0.938. The van der Waals surface area contributed by atoms with Crippen LogP contribution in [0.3, 0.4) is 0 Å². The van der Waals surface area contributed by atoms with Gasteiger partial charge in [0.1, 0.15) is 0 Å². The van der Waals surface area contributed by atoms with Crippen molar-refractivity contribution >= 4 is 23.3 Å². The Kier molecular flexibility index (Phi) is 5.58. The number of carboxylic acids is 1. The van der Waals surface area contributed by atoms with Crippen molar-refractivity contribution in [1.82, 2.24) is 0 Å². The van der Waals surface area contributed by atoms with E-state index >= 15 is 0 Å². The van der Waals surface area contributed by atoms with Gasteiger partial charge in [0.2, 0.25) is 5.91 Å². The largest absolute Gasteiger partial charge is 0.478 e. The third-order valence-electron chi connectivity index (χ3n) is 3.69. The van der Waals surface area contributed by atoms with E-state index in [2.05, 4.69) is 10.6 Å². The van der Waals surface area contributed by atoms with Gasteiger partial charge in [-0.3, -0.25) is 4.79 Å². The standard InChI is InChI=1S/C19H22N2O3/c1-12(2)18(22)21-16-8-7-13(3)17(10-16)20-11-14-5-4-6-15(9-14)19(23)24/h4-10,12,20H,11H2,1-3H3,(H,21,22)(H,23,24). The number of anilines is 2. The minimum absolute atomic E-state index is 0.0287. The monoisotopic (exact) mass is 326 g/mol. The topological polar surface area (TPSA) is 78.4 Å². The van der Waals surface area contributed by atoms with E-state index in [9.17, 15) is 9.59 Å². The Morgan fingerprint density at radius 1 is 1.12 bits per heavy atom. The fourth-order valence-corrected chi connectivity index (χ4v) is 2.19. The van der Waals surface area contributed by atoms with Crippen LogP contribution in [0.2, 0.25) is 0 Å². The number of benzene rings is 2. The average molecular weight is 326 g/mol. The van der Waals surface area contributed by atoms with Crippen molar-refractivity contribution in [2.45, 2.75) is 27.3 Å². The van der Waals surface area contributed by atoms with Crippen LogP contribution in [0.15, 0.2) is 42.5 Å². The van der Waals surface area contributed by atoms with E-state index in [1.54, 1.807) is 18.2 Å². The molecule has 0 bridgehead atoms. The van der Waals surface area contributed by atoms with E-state index in [1.807, 2.05) is 45.0 Å². The highest BCUT2D eigenvalue weighted by atomic mass is 16.4. The Morgan fingerprint density at radius 3 is 2.54 bits per heavy atom. The first kappa shape index (κ1) is 17.5. The van der Waals surface area contributed by atoms with Gasteiger partial charge in [-0.15, -0.1) is 0 Å². The second-order valence-electron chi connectivity index (χ2n) is 6.03. The number of carboxylic acid groups (broad SMARTS) is 1. The summed E-state index contributed by atoms with van der Waals surface area (Å²) in [7, 11) is 0. The molecular weight excluding hydrogens is 304 g/mol. The molecule has 24 heavy (non-hydrogen) atoms. The molecule has 3 N–H and O–H groups in total. The van der Waals surface area contributed by atoms with Gasteiger partial charge in [0.15, 0.2) is 0 Å². The first-order chi connectivity index (χ1) is 11.4. The van der Waals surface area contributed by atoms with Crippen molar-refractivity contribution in [3.8, 4) is 0 Å². The van der Waals surface area contributed by atoms with Crippen LogP contribution in [0.4, 0.5) is 11.4 Å². The number of nitrogens with one attached hydrogen (secondary N) is 2. The summed E-state index contributed by atoms with van der Waals surface area (Å²) in [5, 5.41) is 15.2. The number of carbonyl (C=O) groups is 2. The maximum absolute atomic E-state index is 11.8. The van der Waals surface area contributed by atoms with Crippen LogP contribution in [-0.4, -0.2) is 17.0 Å². The molecule has 2 aromatic carbocycles. The lowest BCUT2D eigenvalue weighted by Crippen LogP contribution is -2.17. The number of amides is 1. The van der Waals surface area contributed by atoms with Gasteiger partial charge in [-0.1, -0.05) is 32.0 Å². The molecule has 5 nitrogen and oxygen atoms in total. The smallest absolute Gasteiger partial charge is 0.335 e. The van der Waals surface area contributed by atoms with E-state index in [4.69, 9.17) is 5.11 Å². The van der Waals surface area contributed by atoms with Crippen molar-refractivity contribution in [3.05, 3.63) is 59.2 Å². The van der Waals surface area contributed by atoms with Gasteiger partial charge < -0.3 is 15.7 Å². The quantitative estimate of drug-likeness (QED) is 0.752. The normalized spacial score (nSPS) is 10.5. The van der Waals surface area contributed by atoms with Gasteiger partial charge in [0, 0.05) is 23.8 Å². The van der Waals surface area contributed by atoms with Gasteiger partial charge >= 0.3 is 5.97 Å². The summed E-state index contributed by atoms with van der Waals surface area (Å²) in [5.41, 5.74) is 3.83. The van der Waals surface area contributed by atoms with Crippen LogP contribution >= 0.6 is 0 Å². The fraction of sp³-hybridized carbons (Fsp3) is 0.263. The maximum atomic E-state index is 11.8. The Morgan fingerprint density at radius 2 is 1.88 bits per heavy atom. The second kappa shape index (κ2) is 7.64. The summed E-state index contributed by atoms with van der Waals surface area (Å²) >= 11 is 0. The lowest BCUT2D eigenvalue weighted by Gasteiger charge is -2.13. The van der Waals surface area contributed by atoms with Crippen LogP contribution < -0.4 is 10.6 Å². The first-order valence-corrected chi connectivity index (χ1v) is 7.84. The number of carbonyl (C=O) groups excluding carboxylic acids is 1. The Bertz CT molecular complexity index is 754. The number of rotatable bonds is 6. The van der Waals surface area contributed by atoms with Gasteiger partial charge in [-0.05, 0) is 42.3 Å². The third-order valence-corrected chi connectivity index (χ3v) is 3.69. The molecule has 0 aromatic heterocycles. The Hall–Kier alpha value is -2.82. The number of hydrogen-bond donors (Lipinski definition) is 3. The highest BCUT2D eigenvalue weighted by molar-refractivity contribution is 5.92. The molecule has 0 aliphatic heterocycles. The highest BCUT2D eigenvalue weighted by Gasteiger charge is 2.09. The molecule has 0 atom stereocenters. The molecule has 0 fully saturated rings. The summed E-state index contributed by atoms with van der Waals surface area (Å²) in [4.78, 5) is 22.8. The van der Waals surface area contributed by atoms with Crippen molar-refractivity contribution in [3.63, 3.8) is 0 Å². The van der Waals surface area contributed by atoms with E-state index in [-0.39, 0.29) is 17.4 Å². The Labute approximate surface area is 141 Å². The van der Waals surface area contributed by atoms with Crippen LogP contribution in [0, 0.1) is 12.8 Å². The molecule has 5 heteroatoms. The predicted octanol–water partition coefficient (Wildman–Crippen LogP) is 3.90. The van der Waals surface area contributed by atoms with Crippen LogP contribution in [-0.2, 0) is 11.3 Å². The Balaban J connectivity index is 2.10. The zero-order chi connectivity index (χ0) is 17.7. The zero-order valence-corrected chi connectivity index (χ0v) is 14.1. The van der Waals surface area contributed by atoms with Gasteiger partial charge in [-0.25, -0.2) is 4.79 Å². The maximum Gasteiger partial charge on any atom is 0.335 e. The molecule has 1 amide bonds. The SMILES string of the molecule is Cc1ccc(NC(=O)C(C)C)cc1NCc1cccc(C(=O)O)c1. The fourth-order valence-electron chi connectivity index (χ4n) is 2.19. The van der Waals surface area contributed by atoms with Gasteiger partial charge in [0.05, 0.1) is 5.56 Å². The molecule has 0 radical (unpaired) electrons. The van der Waals surface area contributed by atoms with E-state index in [0.29, 0.717) is 6.54 Å². The number of aryl methyl sites for hydroxylation is 1. The molecule has 0 spiro atoms. The molecular formula is C19H22N2O3. The summed E-state index contributed by atoms with van der Waals surface area (Å²) < 4.78 is 0. The van der Waals surface area contributed by atoms with Crippen LogP contribution in [0.5, 0.6) is 0 Å².